The number of fused-ring (bicyclic) bond motifs is 1. The van der Waals surface area contributed by atoms with E-state index in [-0.39, 0.29) is 5.91 Å². The lowest BCUT2D eigenvalue weighted by Gasteiger charge is -2.03. The van der Waals surface area contributed by atoms with Crippen molar-refractivity contribution in [1.29, 1.82) is 0 Å². The molecule has 0 saturated carbocycles. The third-order valence-electron chi connectivity index (χ3n) is 3.21. The SMILES string of the molecule is Cc1ccc(C(=O)NCc2cn3cc(Br)ccc3n2)cc1. The standard InChI is InChI=1S/C16H14BrN3O/c1-11-2-4-12(5-3-11)16(21)18-8-14-10-20-9-13(17)6-7-15(20)19-14/h2-7,9-10H,8H2,1H3,(H,18,21). The first-order valence-electron chi connectivity index (χ1n) is 6.60. The van der Waals surface area contributed by atoms with Crippen molar-refractivity contribution < 1.29 is 4.79 Å². The first-order chi connectivity index (χ1) is 10.1. The number of aromatic nitrogens is 2. The van der Waals surface area contributed by atoms with Crippen molar-refractivity contribution in [3.63, 3.8) is 0 Å². The number of nitrogens with zero attached hydrogens (tertiary/aromatic N) is 2. The molecule has 5 heteroatoms. The number of pyridine rings is 1. The van der Waals surface area contributed by atoms with Crippen molar-refractivity contribution in [3.8, 4) is 0 Å². The Kier molecular flexibility index (Phi) is 3.75. The third kappa shape index (κ3) is 3.13. The molecule has 21 heavy (non-hydrogen) atoms. The first-order valence-corrected chi connectivity index (χ1v) is 7.39. The molecule has 2 aromatic heterocycles. The van der Waals surface area contributed by atoms with E-state index in [2.05, 4.69) is 26.2 Å². The first kappa shape index (κ1) is 13.8. The molecule has 4 nitrogen and oxygen atoms in total. The summed E-state index contributed by atoms with van der Waals surface area (Å²) in [5.74, 6) is -0.0896. The smallest absolute Gasteiger partial charge is 0.251 e. The van der Waals surface area contributed by atoms with Gasteiger partial charge in [-0.1, -0.05) is 17.7 Å². The number of carbonyl (C=O) groups is 1. The molecule has 1 N–H and O–H groups in total. The summed E-state index contributed by atoms with van der Waals surface area (Å²) in [4.78, 5) is 16.5. The predicted octanol–water partition coefficient (Wildman–Crippen LogP) is 3.34. The van der Waals surface area contributed by atoms with Gasteiger partial charge in [0.1, 0.15) is 5.65 Å². The van der Waals surface area contributed by atoms with Crippen LogP contribution in [0.5, 0.6) is 0 Å². The maximum absolute atomic E-state index is 12.0. The van der Waals surface area contributed by atoms with Crippen LogP contribution in [0, 0.1) is 6.92 Å². The van der Waals surface area contributed by atoms with Gasteiger partial charge in [0.2, 0.25) is 0 Å². The Morgan fingerprint density at radius 1 is 1.19 bits per heavy atom. The highest BCUT2D eigenvalue weighted by Crippen LogP contribution is 2.12. The Labute approximate surface area is 131 Å². The summed E-state index contributed by atoms with van der Waals surface area (Å²) in [6.07, 6.45) is 3.85. The van der Waals surface area contributed by atoms with Gasteiger partial charge in [0.15, 0.2) is 0 Å². The van der Waals surface area contributed by atoms with Crippen molar-refractivity contribution >= 4 is 27.5 Å². The van der Waals surface area contributed by atoms with E-state index in [1.807, 2.05) is 60.1 Å². The zero-order valence-electron chi connectivity index (χ0n) is 11.5. The fraction of sp³-hybridized carbons (Fsp3) is 0.125. The van der Waals surface area contributed by atoms with Crippen LogP contribution < -0.4 is 5.32 Å². The summed E-state index contributed by atoms with van der Waals surface area (Å²) >= 11 is 3.42. The van der Waals surface area contributed by atoms with Crippen LogP contribution in [-0.4, -0.2) is 15.3 Å². The normalized spacial score (nSPS) is 10.8. The molecule has 0 spiro atoms. The summed E-state index contributed by atoms with van der Waals surface area (Å²) in [7, 11) is 0. The maximum Gasteiger partial charge on any atom is 0.251 e. The van der Waals surface area contributed by atoms with Crippen molar-refractivity contribution in [2.45, 2.75) is 13.5 Å². The minimum absolute atomic E-state index is 0.0896. The van der Waals surface area contributed by atoms with Gasteiger partial charge in [-0.15, -0.1) is 0 Å². The van der Waals surface area contributed by atoms with Crippen LogP contribution in [0.4, 0.5) is 0 Å². The number of imidazole rings is 1. The molecule has 0 unspecified atom stereocenters. The van der Waals surface area contributed by atoms with Gasteiger partial charge in [-0.3, -0.25) is 4.79 Å². The van der Waals surface area contributed by atoms with E-state index in [0.29, 0.717) is 12.1 Å². The predicted molar refractivity (Wildman–Crippen MR) is 85.2 cm³/mol. The number of hydrogen-bond donors (Lipinski definition) is 1. The largest absolute Gasteiger partial charge is 0.346 e. The minimum atomic E-state index is -0.0896. The molecule has 0 aliphatic rings. The molecule has 1 aromatic carbocycles. The number of halogens is 1. The Balaban J connectivity index is 1.71. The number of aryl methyl sites for hydroxylation is 1. The van der Waals surface area contributed by atoms with Crippen molar-refractivity contribution in [1.82, 2.24) is 14.7 Å². The van der Waals surface area contributed by atoms with Gasteiger partial charge in [0, 0.05) is 22.4 Å². The zero-order chi connectivity index (χ0) is 14.8. The average molecular weight is 344 g/mol. The average Bonchev–Trinajstić information content (AvgIpc) is 2.87. The van der Waals surface area contributed by atoms with E-state index < -0.39 is 0 Å². The number of amides is 1. The van der Waals surface area contributed by atoms with Crippen LogP contribution in [0.15, 0.2) is 53.3 Å². The molecule has 0 bridgehead atoms. The summed E-state index contributed by atoms with van der Waals surface area (Å²) in [6, 6.07) is 11.4. The van der Waals surface area contributed by atoms with Crippen LogP contribution in [0.2, 0.25) is 0 Å². The van der Waals surface area contributed by atoms with Crippen molar-refractivity contribution in [3.05, 3.63) is 70.1 Å². The highest BCUT2D eigenvalue weighted by molar-refractivity contribution is 9.10. The summed E-state index contributed by atoms with van der Waals surface area (Å²) in [5.41, 5.74) is 3.48. The summed E-state index contributed by atoms with van der Waals surface area (Å²) in [6.45, 7) is 2.41. The fourth-order valence-corrected chi connectivity index (χ4v) is 2.43. The molecule has 0 fully saturated rings. The molecule has 0 radical (unpaired) electrons. The number of rotatable bonds is 3. The molecule has 0 aliphatic carbocycles. The summed E-state index contributed by atoms with van der Waals surface area (Å²) in [5, 5.41) is 2.88. The number of nitrogens with one attached hydrogen (secondary N) is 1. The number of carbonyl (C=O) groups excluding carboxylic acids is 1. The monoisotopic (exact) mass is 343 g/mol. The van der Waals surface area contributed by atoms with Gasteiger partial charge in [0.05, 0.1) is 12.2 Å². The maximum atomic E-state index is 12.0. The van der Waals surface area contributed by atoms with Crippen LogP contribution in [0.3, 0.4) is 0 Å². The van der Waals surface area contributed by atoms with E-state index in [0.717, 1.165) is 21.4 Å². The second-order valence-corrected chi connectivity index (χ2v) is 5.81. The highest BCUT2D eigenvalue weighted by Gasteiger charge is 2.07. The second-order valence-electron chi connectivity index (χ2n) is 4.89. The molecule has 2 heterocycles. The number of hydrogen-bond acceptors (Lipinski definition) is 2. The topological polar surface area (TPSA) is 46.4 Å². The molecule has 3 aromatic rings. The number of benzene rings is 1. The van der Waals surface area contributed by atoms with E-state index in [1.54, 1.807) is 0 Å². The van der Waals surface area contributed by atoms with E-state index >= 15 is 0 Å². The lowest BCUT2D eigenvalue weighted by molar-refractivity contribution is 0.0950. The van der Waals surface area contributed by atoms with Gasteiger partial charge in [0.25, 0.3) is 5.91 Å². The molecule has 0 saturated heterocycles. The van der Waals surface area contributed by atoms with Gasteiger partial charge in [-0.05, 0) is 47.1 Å². The molecular weight excluding hydrogens is 330 g/mol. The highest BCUT2D eigenvalue weighted by atomic mass is 79.9. The van der Waals surface area contributed by atoms with E-state index in [9.17, 15) is 4.79 Å². The minimum Gasteiger partial charge on any atom is -0.346 e. The van der Waals surface area contributed by atoms with Gasteiger partial charge < -0.3 is 9.72 Å². The Morgan fingerprint density at radius 3 is 2.71 bits per heavy atom. The van der Waals surface area contributed by atoms with Crippen LogP contribution in [-0.2, 0) is 6.54 Å². The quantitative estimate of drug-likeness (QED) is 0.792. The molecular formula is C16H14BrN3O. The van der Waals surface area contributed by atoms with E-state index in [4.69, 9.17) is 0 Å². The Morgan fingerprint density at radius 2 is 1.95 bits per heavy atom. The lowest BCUT2D eigenvalue weighted by Crippen LogP contribution is -2.22. The van der Waals surface area contributed by atoms with Crippen molar-refractivity contribution in [2.75, 3.05) is 0 Å². The zero-order valence-corrected chi connectivity index (χ0v) is 13.1. The Hall–Kier alpha value is -2.14. The molecule has 0 atom stereocenters. The van der Waals surface area contributed by atoms with Gasteiger partial charge >= 0.3 is 0 Å². The molecule has 3 rings (SSSR count). The van der Waals surface area contributed by atoms with Crippen LogP contribution in [0.25, 0.3) is 5.65 Å². The van der Waals surface area contributed by atoms with Gasteiger partial charge in [-0.2, -0.15) is 0 Å². The van der Waals surface area contributed by atoms with Crippen LogP contribution in [0.1, 0.15) is 21.6 Å². The van der Waals surface area contributed by atoms with Crippen LogP contribution >= 0.6 is 15.9 Å². The third-order valence-corrected chi connectivity index (χ3v) is 3.68. The molecule has 0 aliphatic heterocycles. The fourth-order valence-electron chi connectivity index (χ4n) is 2.08. The molecule has 1 amide bonds. The van der Waals surface area contributed by atoms with Gasteiger partial charge in [-0.25, -0.2) is 4.98 Å². The Bertz CT molecular complexity index is 793. The van der Waals surface area contributed by atoms with Crippen molar-refractivity contribution in [2.24, 2.45) is 0 Å². The summed E-state index contributed by atoms with van der Waals surface area (Å²) < 4.78 is 2.92. The second kappa shape index (κ2) is 5.69. The molecule has 106 valence electrons. The lowest BCUT2D eigenvalue weighted by atomic mass is 10.1. The van der Waals surface area contributed by atoms with E-state index in [1.165, 1.54) is 0 Å².